The molecule has 1 aliphatic carbocycles. The Labute approximate surface area is 110 Å². The van der Waals surface area contributed by atoms with Gasteiger partial charge in [0.2, 0.25) is 0 Å². The number of nitrogens with two attached hydrogens (primary N) is 1. The molecule has 1 atom stereocenters. The molecular weight excluding hydrogens is 255 g/mol. The Morgan fingerprint density at radius 3 is 2.32 bits per heavy atom. The highest BCUT2D eigenvalue weighted by atomic mass is 19.4. The Morgan fingerprint density at radius 1 is 1.21 bits per heavy atom. The summed E-state index contributed by atoms with van der Waals surface area (Å²) in [6.07, 6.45) is -0.578. The molecule has 0 saturated heterocycles. The molecular formula is C14H18F3NO. The normalized spacial score (nSPS) is 18.1. The fourth-order valence-corrected chi connectivity index (χ4v) is 2.15. The standard InChI is InChI=1S/C14H18F3NO/c15-14(16,17)9-19-8-13(18)12-6-4-11(5-7-12)10-2-1-3-10/h4-7,10,13H,1-3,8-9,18H2. The number of hydrogen-bond acceptors (Lipinski definition) is 2. The maximum atomic E-state index is 11.9. The van der Waals surface area contributed by atoms with Crippen molar-refractivity contribution in [1.29, 1.82) is 0 Å². The summed E-state index contributed by atoms with van der Waals surface area (Å²) in [5.41, 5.74) is 7.91. The summed E-state index contributed by atoms with van der Waals surface area (Å²) in [7, 11) is 0. The first-order valence-electron chi connectivity index (χ1n) is 6.45. The zero-order valence-corrected chi connectivity index (χ0v) is 10.6. The van der Waals surface area contributed by atoms with E-state index in [1.54, 1.807) is 0 Å². The van der Waals surface area contributed by atoms with Gasteiger partial charge in [-0.25, -0.2) is 0 Å². The van der Waals surface area contributed by atoms with Gasteiger partial charge in [0.1, 0.15) is 6.61 Å². The van der Waals surface area contributed by atoms with E-state index < -0.39 is 18.8 Å². The van der Waals surface area contributed by atoms with Crippen LogP contribution in [0, 0.1) is 0 Å². The maximum Gasteiger partial charge on any atom is 0.411 e. The average Bonchev–Trinajstić information content (AvgIpc) is 2.25. The van der Waals surface area contributed by atoms with Crippen LogP contribution in [0.15, 0.2) is 24.3 Å². The molecule has 1 unspecified atom stereocenters. The van der Waals surface area contributed by atoms with Crippen LogP contribution in [-0.4, -0.2) is 19.4 Å². The quantitative estimate of drug-likeness (QED) is 0.890. The van der Waals surface area contributed by atoms with Gasteiger partial charge >= 0.3 is 6.18 Å². The van der Waals surface area contributed by atoms with Gasteiger partial charge in [0.25, 0.3) is 0 Å². The third-order valence-corrected chi connectivity index (χ3v) is 3.50. The largest absolute Gasteiger partial charge is 0.411 e. The lowest BCUT2D eigenvalue weighted by atomic mass is 9.80. The van der Waals surface area contributed by atoms with Crippen LogP contribution >= 0.6 is 0 Å². The van der Waals surface area contributed by atoms with E-state index in [2.05, 4.69) is 4.74 Å². The van der Waals surface area contributed by atoms with Gasteiger partial charge in [0.05, 0.1) is 12.6 Å². The lowest BCUT2D eigenvalue weighted by Gasteiger charge is -2.26. The van der Waals surface area contributed by atoms with Crippen molar-refractivity contribution in [3.8, 4) is 0 Å². The van der Waals surface area contributed by atoms with Crippen LogP contribution in [0.1, 0.15) is 42.3 Å². The number of benzene rings is 1. The Hall–Kier alpha value is -1.07. The molecule has 2 rings (SSSR count). The highest BCUT2D eigenvalue weighted by molar-refractivity contribution is 5.28. The molecule has 0 amide bonds. The highest BCUT2D eigenvalue weighted by Crippen LogP contribution is 2.36. The summed E-state index contributed by atoms with van der Waals surface area (Å²) in [5.74, 6) is 0.645. The SMILES string of the molecule is NC(COCC(F)(F)F)c1ccc(C2CCC2)cc1. The van der Waals surface area contributed by atoms with Crippen LogP contribution in [0.5, 0.6) is 0 Å². The number of ether oxygens (including phenoxy) is 1. The van der Waals surface area contributed by atoms with Crippen molar-refractivity contribution in [2.75, 3.05) is 13.2 Å². The van der Waals surface area contributed by atoms with E-state index >= 15 is 0 Å². The summed E-state index contributed by atoms with van der Waals surface area (Å²) in [4.78, 5) is 0. The van der Waals surface area contributed by atoms with E-state index in [1.165, 1.54) is 24.8 Å². The molecule has 0 radical (unpaired) electrons. The third-order valence-electron chi connectivity index (χ3n) is 3.50. The van der Waals surface area contributed by atoms with Crippen molar-refractivity contribution in [1.82, 2.24) is 0 Å². The predicted molar refractivity (Wildman–Crippen MR) is 66.8 cm³/mol. The number of hydrogen-bond donors (Lipinski definition) is 1. The topological polar surface area (TPSA) is 35.2 Å². The lowest BCUT2D eigenvalue weighted by Crippen LogP contribution is -2.23. The molecule has 0 aromatic heterocycles. The number of halogens is 3. The lowest BCUT2D eigenvalue weighted by molar-refractivity contribution is -0.174. The van der Waals surface area contributed by atoms with E-state index in [1.807, 2.05) is 24.3 Å². The second kappa shape index (κ2) is 5.92. The van der Waals surface area contributed by atoms with E-state index in [-0.39, 0.29) is 6.61 Å². The molecule has 1 aromatic rings. The summed E-state index contributed by atoms with van der Waals surface area (Å²) in [6, 6.07) is 7.29. The zero-order valence-electron chi connectivity index (χ0n) is 10.6. The molecule has 1 fully saturated rings. The summed E-state index contributed by atoms with van der Waals surface area (Å²) in [5, 5.41) is 0. The molecule has 1 aliphatic rings. The molecule has 0 heterocycles. The minimum Gasteiger partial charge on any atom is -0.370 e. The Balaban J connectivity index is 1.83. The zero-order chi connectivity index (χ0) is 13.9. The summed E-state index contributed by atoms with van der Waals surface area (Å²) >= 11 is 0. The van der Waals surface area contributed by atoms with Gasteiger partial charge in [-0.05, 0) is 29.9 Å². The first kappa shape index (κ1) is 14.3. The molecule has 0 spiro atoms. The fraction of sp³-hybridized carbons (Fsp3) is 0.571. The van der Waals surface area contributed by atoms with Crippen LogP contribution in [-0.2, 0) is 4.74 Å². The van der Waals surface area contributed by atoms with E-state index in [0.717, 1.165) is 5.56 Å². The molecule has 5 heteroatoms. The molecule has 2 N–H and O–H groups in total. The summed E-state index contributed by atoms with van der Waals surface area (Å²) < 4.78 is 40.4. The second-order valence-corrected chi connectivity index (χ2v) is 5.03. The summed E-state index contributed by atoms with van der Waals surface area (Å²) in [6.45, 7) is -1.37. The monoisotopic (exact) mass is 273 g/mol. The Morgan fingerprint density at radius 2 is 1.84 bits per heavy atom. The van der Waals surface area contributed by atoms with Crippen LogP contribution in [0.3, 0.4) is 0 Å². The smallest absolute Gasteiger partial charge is 0.370 e. The predicted octanol–water partition coefficient (Wildman–Crippen LogP) is 3.53. The third kappa shape index (κ3) is 4.21. The van der Waals surface area contributed by atoms with Crippen molar-refractivity contribution < 1.29 is 17.9 Å². The van der Waals surface area contributed by atoms with Gasteiger partial charge in [0, 0.05) is 0 Å². The molecule has 0 bridgehead atoms. The first-order chi connectivity index (χ1) is 8.96. The van der Waals surface area contributed by atoms with Gasteiger partial charge in [-0.2, -0.15) is 13.2 Å². The maximum absolute atomic E-state index is 11.9. The molecule has 106 valence electrons. The molecule has 1 aromatic carbocycles. The van der Waals surface area contributed by atoms with E-state index in [9.17, 15) is 13.2 Å². The number of alkyl halides is 3. The Kier molecular flexibility index (Phi) is 4.47. The van der Waals surface area contributed by atoms with Crippen molar-refractivity contribution in [2.45, 2.75) is 37.4 Å². The van der Waals surface area contributed by atoms with Gasteiger partial charge in [-0.1, -0.05) is 30.7 Å². The minimum atomic E-state index is -4.30. The minimum absolute atomic E-state index is 0.123. The van der Waals surface area contributed by atoms with Crippen molar-refractivity contribution in [3.05, 3.63) is 35.4 Å². The fourth-order valence-electron chi connectivity index (χ4n) is 2.15. The average molecular weight is 273 g/mol. The number of rotatable bonds is 5. The van der Waals surface area contributed by atoms with Crippen molar-refractivity contribution in [2.24, 2.45) is 5.73 Å². The van der Waals surface area contributed by atoms with Gasteiger partial charge in [0.15, 0.2) is 0 Å². The van der Waals surface area contributed by atoms with Crippen LogP contribution in [0.4, 0.5) is 13.2 Å². The van der Waals surface area contributed by atoms with Gasteiger partial charge in [-0.15, -0.1) is 0 Å². The van der Waals surface area contributed by atoms with Crippen molar-refractivity contribution in [3.63, 3.8) is 0 Å². The molecule has 19 heavy (non-hydrogen) atoms. The van der Waals surface area contributed by atoms with E-state index in [0.29, 0.717) is 5.92 Å². The highest BCUT2D eigenvalue weighted by Gasteiger charge is 2.27. The van der Waals surface area contributed by atoms with Gasteiger partial charge in [-0.3, -0.25) is 0 Å². The van der Waals surface area contributed by atoms with Crippen LogP contribution < -0.4 is 5.73 Å². The second-order valence-electron chi connectivity index (χ2n) is 5.03. The van der Waals surface area contributed by atoms with Crippen LogP contribution in [0.25, 0.3) is 0 Å². The molecule has 0 aliphatic heterocycles. The molecule has 2 nitrogen and oxygen atoms in total. The van der Waals surface area contributed by atoms with E-state index in [4.69, 9.17) is 5.73 Å². The molecule has 1 saturated carbocycles. The van der Waals surface area contributed by atoms with Crippen LogP contribution in [0.2, 0.25) is 0 Å². The Bertz CT molecular complexity index is 398. The van der Waals surface area contributed by atoms with Gasteiger partial charge < -0.3 is 10.5 Å². The first-order valence-corrected chi connectivity index (χ1v) is 6.45. The van der Waals surface area contributed by atoms with Crippen molar-refractivity contribution >= 4 is 0 Å².